The van der Waals surface area contributed by atoms with Crippen LogP contribution in [0.5, 0.6) is 0 Å². The second-order valence-electron chi connectivity index (χ2n) is 16.1. The summed E-state index contributed by atoms with van der Waals surface area (Å²) in [6, 6.07) is 19.9. The van der Waals surface area contributed by atoms with Gasteiger partial charge in [-0.3, -0.25) is 19.8 Å². The lowest BCUT2D eigenvalue weighted by molar-refractivity contribution is 0.121. The van der Waals surface area contributed by atoms with E-state index >= 15 is 0 Å². The summed E-state index contributed by atoms with van der Waals surface area (Å²) >= 11 is 0. The lowest BCUT2D eigenvalue weighted by atomic mass is 9.91. The Morgan fingerprint density at radius 2 is 1.35 bits per heavy atom. The normalized spacial score (nSPS) is 26.4. The van der Waals surface area contributed by atoms with Crippen molar-refractivity contribution < 1.29 is 4.42 Å². The largest absolute Gasteiger partial charge is 0.464 e. The number of rotatable bonds is 6. The Balaban J connectivity index is 0.000000130. The summed E-state index contributed by atoms with van der Waals surface area (Å²) in [6.07, 6.45) is 18.6. The monoisotopic (exact) mass is 694 g/mol. The van der Waals surface area contributed by atoms with Gasteiger partial charge in [0, 0.05) is 92.8 Å². The van der Waals surface area contributed by atoms with Gasteiger partial charge in [0.2, 0.25) is 0 Å². The van der Waals surface area contributed by atoms with Crippen LogP contribution in [0.25, 0.3) is 33.4 Å². The van der Waals surface area contributed by atoms with Crippen LogP contribution in [-0.4, -0.2) is 86.1 Å². The highest BCUT2D eigenvalue weighted by Gasteiger charge is 2.41. The predicted octanol–water partition coefficient (Wildman–Crippen LogP) is 8.54. The molecule has 2 saturated carbocycles. The van der Waals surface area contributed by atoms with Crippen LogP contribution in [0.15, 0.2) is 82.0 Å². The number of fused-ring (bicyclic) bond motifs is 8. The molecule has 0 radical (unpaired) electrons. The smallest absolute Gasteiger partial charge is 0.133 e. The highest BCUT2D eigenvalue weighted by atomic mass is 16.3. The van der Waals surface area contributed by atoms with E-state index in [-0.39, 0.29) is 0 Å². The highest BCUT2D eigenvalue weighted by molar-refractivity contribution is 6.38. The molecule has 0 N–H and O–H groups in total. The summed E-state index contributed by atoms with van der Waals surface area (Å²) in [5.74, 6) is 4.71. The quantitative estimate of drug-likeness (QED) is 0.167. The molecule has 0 amide bonds. The second-order valence-corrected chi connectivity index (χ2v) is 16.1. The van der Waals surface area contributed by atoms with Crippen molar-refractivity contribution in [3.05, 3.63) is 84.8 Å². The van der Waals surface area contributed by atoms with Crippen molar-refractivity contribution in [3.63, 3.8) is 0 Å². The molecule has 9 nitrogen and oxygen atoms in total. The minimum Gasteiger partial charge on any atom is -0.464 e. The van der Waals surface area contributed by atoms with Gasteiger partial charge in [0.15, 0.2) is 0 Å². The van der Waals surface area contributed by atoms with Crippen molar-refractivity contribution in [1.82, 2.24) is 28.9 Å². The maximum absolute atomic E-state index is 5.56. The van der Waals surface area contributed by atoms with Crippen LogP contribution < -0.4 is 0 Å². The molecule has 2 aromatic carbocycles. The van der Waals surface area contributed by atoms with Gasteiger partial charge in [-0.25, -0.2) is 9.97 Å². The van der Waals surface area contributed by atoms with Crippen molar-refractivity contribution in [1.29, 1.82) is 0 Å². The van der Waals surface area contributed by atoms with Gasteiger partial charge in [0.25, 0.3) is 0 Å². The fourth-order valence-corrected chi connectivity index (χ4v) is 10.1. The topological polar surface area (TPSA) is 80.0 Å². The molecule has 2 aliphatic carbocycles. The fourth-order valence-electron chi connectivity index (χ4n) is 10.1. The molecule has 2 saturated heterocycles. The van der Waals surface area contributed by atoms with Gasteiger partial charge in [-0.05, 0) is 93.8 Å². The Labute approximate surface area is 306 Å². The summed E-state index contributed by atoms with van der Waals surface area (Å²) in [5, 5.41) is 0. The molecule has 268 valence electrons. The third-order valence-corrected chi connectivity index (χ3v) is 13.2. The zero-order valence-electron chi connectivity index (χ0n) is 30.4. The van der Waals surface area contributed by atoms with Gasteiger partial charge in [0.05, 0.1) is 34.0 Å². The highest BCUT2D eigenvalue weighted by Crippen LogP contribution is 2.44. The molecular weight excluding hydrogens is 645 g/mol. The van der Waals surface area contributed by atoms with E-state index in [0.29, 0.717) is 23.9 Å². The van der Waals surface area contributed by atoms with Crippen LogP contribution in [0.4, 0.5) is 0 Å². The second kappa shape index (κ2) is 13.3. The van der Waals surface area contributed by atoms with Crippen molar-refractivity contribution in [2.24, 2.45) is 9.98 Å². The number of imidazole rings is 2. The maximum atomic E-state index is 5.56. The fraction of sp³-hybridized carbons (Fsp3) is 0.488. The van der Waals surface area contributed by atoms with E-state index in [0.717, 1.165) is 45.7 Å². The molecule has 6 aliphatic heterocycles. The number of furan rings is 1. The first-order chi connectivity index (χ1) is 25.6. The van der Waals surface area contributed by atoms with E-state index in [1.807, 2.05) is 12.1 Å². The Bertz CT molecular complexity index is 2170. The van der Waals surface area contributed by atoms with E-state index in [2.05, 4.69) is 71.9 Å². The van der Waals surface area contributed by atoms with Gasteiger partial charge in [0.1, 0.15) is 17.4 Å². The molecule has 13 rings (SSSR count). The zero-order chi connectivity index (χ0) is 34.8. The number of hydrogen-bond donors (Lipinski definition) is 0. The summed E-state index contributed by atoms with van der Waals surface area (Å²) in [7, 11) is 1.77. The van der Waals surface area contributed by atoms with Crippen molar-refractivity contribution >= 4 is 34.0 Å². The molecule has 5 aromatic rings. The van der Waals surface area contributed by atoms with Crippen molar-refractivity contribution in [3.8, 4) is 11.3 Å². The minimum atomic E-state index is 0.564. The predicted molar refractivity (Wildman–Crippen MR) is 209 cm³/mol. The Morgan fingerprint density at radius 1 is 0.731 bits per heavy atom. The molecule has 0 spiro atoms. The average Bonchev–Trinajstić information content (AvgIpc) is 3.75. The first kappa shape index (κ1) is 32.3. The molecule has 52 heavy (non-hydrogen) atoms. The van der Waals surface area contributed by atoms with Gasteiger partial charge in [-0.1, -0.05) is 25.5 Å². The molecule has 9 heteroatoms. The maximum Gasteiger partial charge on any atom is 0.133 e. The molecule has 4 bridgehead atoms. The van der Waals surface area contributed by atoms with Crippen LogP contribution >= 0.6 is 0 Å². The average molecular weight is 695 g/mol. The standard InChI is InChI=1S/C22H27N5.C21H23N3O/c1-3-24-20(12-23-2)15-8-10-21-19(11-15)25-22-16-7-9-18(27(21)22)14-26(13-16)17-5-4-6-17;1-3-16(4-1)23-12-15-6-8-17(13-23)24-19-9-7-14(20-5-2-10-25-20)11-18(19)22-21(15)24/h3,8,10-12,16-18H,1,4-7,9,13-14H2,2H3;2,5,7,9-11,15-17H,1,3-4,6,8,12-13H2. The van der Waals surface area contributed by atoms with E-state index < -0.39 is 0 Å². The number of aliphatic imine (C=N–C) groups is 2. The van der Waals surface area contributed by atoms with Crippen LogP contribution in [0, 0.1) is 0 Å². The first-order valence-electron chi connectivity index (χ1n) is 19.8. The van der Waals surface area contributed by atoms with Crippen LogP contribution in [-0.2, 0) is 0 Å². The molecule has 4 unspecified atom stereocenters. The van der Waals surface area contributed by atoms with Crippen LogP contribution in [0.1, 0.15) is 105 Å². The third kappa shape index (κ3) is 5.50. The Morgan fingerprint density at radius 3 is 1.88 bits per heavy atom. The van der Waals surface area contributed by atoms with Gasteiger partial charge < -0.3 is 13.6 Å². The summed E-state index contributed by atoms with van der Waals surface area (Å²) in [4.78, 5) is 24.2. The number of nitrogens with zero attached hydrogens (tertiary/aromatic N) is 8. The SMILES string of the molecule is C=CN=C(C=NC)c1ccc2c(c1)nc1n2C2CCC1CN(C1CCC1)C2.c1coc(-c2ccc3c(c2)nc2n3C3CCC2CN(C2CCC2)C3)c1. The number of hydrogen-bond acceptors (Lipinski definition) is 7. The third-order valence-electron chi connectivity index (χ3n) is 13.2. The van der Waals surface area contributed by atoms with Crippen LogP contribution in [0.3, 0.4) is 0 Å². The van der Waals surface area contributed by atoms with Gasteiger partial charge in [-0.2, -0.15) is 0 Å². The Kier molecular flexibility index (Phi) is 8.24. The minimum absolute atomic E-state index is 0.564. The van der Waals surface area contributed by atoms with Gasteiger partial charge in [-0.15, -0.1) is 0 Å². The molecule has 8 aliphatic rings. The van der Waals surface area contributed by atoms with E-state index in [1.165, 1.54) is 113 Å². The molecule has 3 aromatic heterocycles. The lowest BCUT2D eigenvalue weighted by Gasteiger charge is -2.37. The summed E-state index contributed by atoms with van der Waals surface area (Å²) in [5.41, 5.74) is 7.77. The molecule has 9 heterocycles. The van der Waals surface area contributed by atoms with E-state index in [9.17, 15) is 0 Å². The van der Waals surface area contributed by atoms with Crippen molar-refractivity contribution in [2.45, 2.75) is 100 Å². The summed E-state index contributed by atoms with van der Waals surface area (Å²) in [6.45, 7) is 8.50. The molecule has 4 fully saturated rings. The number of benzene rings is 2. The number of aromatic nitrogens is 4. The molecular formula is C43H50N8O. The molecule has 4 atom stereocenters. The van der Waals surface area contributed by atoms with E-state index in [1.54, 1.807) is 25.7 Å². The van der Waals surface area contributed by atoms with Crippen LogP contribution in [0.2, 0.25) is 0 Å². The van der Waals surface area contributed by atoms with Crippen molar-refractivity contribution in [2.75, 3.05) is 33.2 Å². The Hall–Kier alpha value is -4.34. The first-order valence-corrected chi connectivity index (χ1v) is 19.8. The van der Waals surface area contributed by atoms with Gasteiger partial charge >= 0.3 is 0 Å². The lowest BCUT2D eigenvalue weighted by Crippen LogP contribution is -2.42. The zero-order valence-corrected chi connectivity index (χ0v) is 30.4. The van der Waals surface area contributed by atoms with E-state index in [4.69, 9.17) is 14.4 Å². The summed E-state index contributed by atoms with van der Waals surface area (Å²) < 4.78 is 10.7.